The van der Waals surface area contributed by atoms with Gasteiger partial charge in [-0.3, -0.25) is 4.98 Å². The summed E-state index contributed by atoms with van der Waals surface area (Å²) in [5.74, 6) is -0.243. The normalized spacial score (nSPS) is 10.6. The minimum atomic E-state index is -0.243. The van der Waals surface area contributed by atoms with Crippen molar-refractivity contribution in [3.8, 4) is 0 Å². The summed E-state index contributed by atoms with van der Waals surface area (Å²) in [6.45, 7) is 4.36. The van der Waals surface area contributed by atoms with Crippen molar-refractivity contribution in [1.29, 1.82) is 0 Å². The molecule has 1 aromatic heterocycles. The smallest absolute Gasteiger partial charge is 0.339 e. The molecule has 0 atom stereocenters. The molecule has 0 radical (unpaired) electrons. The van der Waals surface area contributed by atoms with Crippen molar-refractivity contribution in [2.75, 3.05) is 6.61 Å². The molecule has 0 aliphatic rings. The van der Waals surface area contributed by atoms with Crippen molar-refractivity contribution in [2.24, 2.45) is 0 Å². The Hall–Kier alpha value is -1.90. The maximum Gasteiger partial charge on any atom is 0.339 e. The second kappa shape index (κ2) is 6.32. The second-order valence-electron chi connectivity index (χ2n) is 4.50. The Labute approximate surface area is 113 Å². The van der Waals surface area contributed by atoms with Crippen LogP contribution in [0.15, 0.2) is 30.5 Å². The Morgan fingerprint density at radius 1 is 1.26 bits per heavy atom. The van der Waals surface area contributed by atoms with E-state index in [0.29, 0.717) is 12.2 Å². The van der Waals surface area contributed by atoms with Crippen LogP contribution in [0.1, 0.15) is 42.6 Å². The fraction of sp³-hybridized carbons (Fsp3) is 0.375. The molecule has 0 saturated heterocycles. The summed E-state index contributed by atoms with van der Waals surface area (Å²) < 4.78 is 5.19. The van der Waals surface area contributed by atoms with Crippen molar-refractivity contribution in [3.63, 3.8) is 0 Å². The van der Waals surface area contributed by atoms with E-state index >= 15 is 0 Å². The van der Waals surface area contributed by atoms with E-state index in [0.717, 1.165) is 35.7 Å². The van der Waals surface area contributed by atoms with Gasteiger partial charge in [-0.1, -0.05) is 31.5 Å². The average Bonchev–Trinajstić information content (AvgIpc) is 2.44. The molecule has 1 heterocycles. The van der Waals surface area contributed by atoms with E-state index in [1.165, 1.54) is 0 Å². The third-order valence-electron chi connectivity index (χ3n) is 3.13. The topological polar surface area (TPSA) is 39.2 Å². The Bertz CT molecular complexity index is 578. The van der Waals surface area contributed by atoms with Crippen LogP contribution in [0.2, 0.25) is 0 Å². The molecule has 0 N–H and O–H groups in total. The van der Waals surface area contributed by atoms with Gasteiger partial charge in [0.05, 0.1) is 17.7 Å². The number of rotatable bonds is 5. The fourth-order valence-corrected chi connectivity index (χ4v) is 2.18. The van der Waals surface area contributed by atoms with Crippen molar-refractivity contribution in [3.05, 3.63) is 41.6 Å². The summed E-state index contributed by atoms with van der Waals surface area (Å²) in [6.07, 6.45) is 4.81. The molecule has 19 heavy (non-hydrogen) atoms. The van der Waals surface area contributed by atoms with Crippen molar-refractivity contribution < 1.29 is 9.53 Å². The number of nitrogens with zero attached hydrogens (tertiary/aromatic N) is 1. The SMILES string of the molecule is CCCCc1cnc2ccccc2c1C(=O)OCC. The molecular weight excluding hydrogens is 238 g/mol. The monoisotopic (exact) mass is 257 g/mol. The van der Waals surface area contributed by atoms with Crippen LogP contribution in [0, 0.1) is 0 Å². The minimum Gasteiger partial charge on any atom is -0.462 e. The van der Waals surface area contributed by atoms with E-state index < -0.39 is 0 Å². The predicted octanol–water partition coefficient (Wildman–Crippen LogP) is 3.75. The molecule has 0 saturated carbocycles. The van der Waals surface area contributed by atoms with E-state index in [1.807, 2.05) is 37.4 Å². The molecule has 3 heteroatoms. The van der Waals surface area contributed by atoms with Gasteiger partial charge in [0.2, 0.25) is 0 Å². The van der Waals surface area contributed by atoms with E-state index in [-0.39, 0.29) is 5.97 Å². The van der Waals surface area contributed by atoms with Gasteiger partial charge in [-0.05, 0) is 31.4 Å². The highest BCUT2D eigenvalue weighted by Gasteiger charge is 2.16. The van der Waals surface area contributed by atoms with Crippen LogP contribution in [0.25, 0.3) is 10.9 Å². The first-order valence-corrected chi connectivity index (χ1v) is 6.81. The summed E-state index contributed by atoms with van der Waals surface area (Å²) in [7, 11) is 0. The summed E-state index contributed by atoms with van der Waals surface area (Å²) in [4.78, 5) is 16.6. The standard InChI is InChI=1S/C16H19NO2/c1-3-5-8-12-11-17-14-10-7-6-9-13(14)15(12)16(18)19-4-2/h6-7,9-11H,3-5,8H2,1-2H3. The molecule has 2 rings (SSSR count). The van der Waals surface area contributed by atoms with Crippen molar-refractivity contribution >= 4 is 16.9 Å². The summed E-state index contributed by atoms with van der Waals surface area (Å²) >= 11 is 0. The van der Waals surface area contributed by atoms with Gasteiger partial charge in [0.1, 0.15) is 0 Å². The lowest BCUT2D eigenvalue weighted by molar-refractivity contribution is 0.0527. The first-order chi connectivity index (χ1) is 9.27. The molecule has 1 aromatic carbocycles. The fourth-order valence-electron chi connectivity index (χ4n) is 2.18. The van der Waals surface area contributed by atoms with Gasteiger partial charge >= 0.3 is 5.97 Å². The number of carbonyl (C=O) groups excluding carboxylic acids is 1. The van der Waals surface area contributed by atoms with Gasteiger partial charge in [0.15, 0.2) is 0 Å². The van der Waals surface area contributed by atoms with Gasteiger partial charge in [0.25, 0.3) is 0 Å². The number of hydrogen-bond donors (Lipinski definition) is 0. The van der Waals surface area contributed by atoms with Crippen LogP contribution in [-0.4, -0.2) is 17.6 Å². The number of hydrogen-bond acceptors (Lipinski definition) is 3. The highest BCUT2D eigenvalue weighted by molar-refractivity contribution is 6.04. The lowest BCUT2D eigenvalue weighted by Gasteiger charge is -2.11. The van der Waals surface area contributed by atoms with E-state index in [1.54, 1.807) is 0 Å². The number of aromatic nitrogens is 1. The third kappa shape index (κ3) is 2.92. The lowest BCUT2D eigenvalue weighted by Crippen LogP contribution is -2.10. The number of unbranched alkanes of at least 4 members (excludes halogenated alkanes) is 1. The number of fused-ring (bicyclic) bond motifs is 1. The number of carbonyl (C=O) groups is 1. The zero-order valence-corrected chi connectivity index (χ0v) is 11.5. The summed E-state index contributed by atoms with van der Waals surface area (Å²) in [5.41, 5.74) is 2.51. The molecule has 0 unspecified atom stereocenters. The largest absolute Gasteiger partial charge is 0.462 e. The maximum atomic E-state index is 12.2. The molecule has 3 nitrogen and oxygen atoms in total. The first kappa shape index (κ1) is 13.5. The second-order valence-corrected chi connectivity index (χ2v) is 4.50. The van der Waals surface area contributed by atoms with Gasteiger partial charge in [-0.15, -0.1) is 0 Å². The Morgan fingerprint density at radius 3 is 2.79 bits per heavy atom. The van der Waals surface area contributed by atoms with Crippen molar-refractivity contribution in [2.45, 2.75) is 33.1 Å². The number of para-hydroxylation sites is 1. The highest BCUT2D eigenvalue weighted by atomic mass is 16.5. The Morgan fingerprint density at radius 2 is 2.05 bits per heavy atom. The molecule has 2 aromatic rings. The van der Waals surface area contributed by atoms with Gasteiger partial charge < -0.3 is 4.74 Å². The Balaban J connectivity index is 2.54. The van der Waals surface area contributed by atoms with Crippen LogP contribution in [0.5, 0.6) is 0 Å². The minimum absolute atomic E-state index is 0.243. The third-order valence-corrected chi connectivity index (χ3v) is 3.13. The molecule has 0 spiro atoms. The number of benzene rings is 1. The van der Waals surface area contributed by atoms with Gasteiger partial charge in [-0.25, -0.2) is 4.79 Å². The van der Waals surface area contributed by atoms with E-state index in [9.17, 15) is 4.79 Å². The van der Waals surface area contributed by atoms with Crippen LogP contribution in [0.3, 0.4) is 0 Å². The molecule has 0 amide bonds. The van der Waals surface area contributed by atoms with Crippen LogP contribution < -0.4 is 0 Å². The maximum absolute atomic E-state index is 12.2. The van der Waals surface area contributed by atoms with Crippen LogP contribution >= 0.6 is 0 Å². The molecule has 0 bridgehead atoms. The zero-order chi connectivity index (χ0) is 13.7. The van der Waals surface area contributed by atoms with Crippen molar-refractivity contribution in [1.82, 2.24) is 4.98 Å². The molecular formula is C16H19NO2. The van der Waals surface area contributed by atoms with E-state index in [4.69, 9.17) is 4.74 Å². The summed E-state index contributed by atoms with van der Waals surface area (Å²) in [5, 5.41) is 0.884. The molecule has 0 fully saturated rings. The highest BCUT2D eigenvalue weighted by Crippen LogP contribution is 2.22. The molecule has 0 aliphatic heterocycles. The molecule has 0 aliphatic carbocycles. The number of pyridine rings is 1. The summed E-state index contributed by atoms with van der Waals surface area (Å²) in [6, 6.07) is 7.71. The quantitative estimate of drug-likeness (QED) is 0.766. The zero-order valence-electron chi connectivity index (χ0n) is 11.5. The average molecular weight is 257 g/mol. The van der Waals surface area contributed by atoms with Crippen LogP contribution in [0.4, 0.5) is 0 Å². The number of esters is 1. The van der Waals surface area contributed by atoms with E-state index in [2.05, 4.69) is 11.9 Å². The first-order valence-electron chi connectivity index (χ1n) is 6.81. The van der Waals surface area contributed by atoms with Crippen LogP contribution in [-0.2, 0) is 11.2 Å². The lowest BCUT2D eigenvalue weighted by atomic mass is 10.00. The van der Waals surface area contributed by atoms with Gasteiger partial charge in [-0.2, -0.15) is 0 Å². The van der Waals surface area contributed by atoms with Gasteiger partial charge in [0, 0.05) is 11.6 Å². The molecule has 100 valence electrons. The number of aryl methyl sites for hydroxylation is 1. The Kier molecular flexibility index (Phi) is 4.50. The predicted molar refractivity (Wildman–Crippen MR) is 76.3 cm³/mol. The number of ether oxygens (including phenoxy) is 1.